The van der Waals surface area contributed by atoms with E-state index in [1.54, 1.807) is 7.11 Å². The summed E-state index contributed by atoms with van der Waals surface area (Å²) in [7, 11) is 1.59. The van der Waals surface area contributed by atoms with Gasteiger partial charge in [-0.05, 0) is 24.1 Å². The van der Waals surface area contributed by atoms with Gasteiger partial charge in [0.1, 0.15) is 11.3 Å². The third-order valence-corrected chi connectivity index (χ3v) is 4.03. The minimum absolute atomic E-state index is 0.173. The first-order valence-corrected chi connectivity index (χ1v) is 7.29. The van der Waals surface area contributed by atoms with Gasteiger partial charge in [0.2, 0.25) is 11.8 Å². The second kappa shape index (κ2) is 6.79. The van der Waals surface area contributed by atoms with Crippen molar-refractivity contribution in [2.45, 2.75) is 31.7 Å². The van der Waals surface area contributed by atoms with Crippen molar-refractivity contribution in [3.63, 3.8) is 0 Å². The van der Waals surface area contributed by atoms with E-state index < -0.39 is 11.4 Å². The van der Waals surface area contributed by atoms with E-state index >= 15 is 0 Å². The maximum Gasteiger partial charge on any atom is 0.243 e. The van der Waals surface area contributed by atoms with Crippen LogP contribution >= 0.6 is 0 Å². The molecule has 0 unspecified atom stereocenters. The van der Waals surface area contributed by atoms with E-state index in [0.29, 0.717) is 26.1 Å². The predicted octanol–water partition coefficient (Wildman–Crippen LogP) is 0.697. The highest BCUT2D eigenvalue weighted by atomic mass is 16.5. The lowest BCUT2D eigenvalue weighted by Crippen LogP contribution is -2.60. The van der Waals surface area contributed by atoms with Gasteiger partial charge in [-0.3, -0.25) is 9.59 Å². The average Bonchev–Trinajstić information content (AvgIpc) is 2.50. The first kappa shape index (κ1) is 16.3. The summed E-state index contributed by atoms with van der Waals surface area (Å²) in [5.74, 6) is -0.00164. The first-order chi connectivity index (χ1) is 10.5. The Morgan fingerprint density at radius 1 is 1.36 bits per heavy atom. The van der Waals surface area contributed by atoms with Crippen LogP contribution in [0.5, 0.6) is 5.75 Å². The fourth-order valence-corrected chi connectivity index (χ4v) is 2.62. The number of hydrogen-bond donors (Lipinski definition) is 2. The molecule has 1 aliphatic rings. The molecule has 3 N–H and O–H groups in total. The van der Waals surface area contributed by atoms with E-state index in [1.807, 2.05) is 25.1 Å². The van der Waals surface area contributed by atoms with Crippen LogP contribution in [0.15, 0.2) is 18.2 Å². The molecule has 0 saturated carbocycles. The summed E-state index contributed by atoms with van der Waals surface area (Å²) in [6.45, 7) is 2.77. The SMILES string of the molecule is COc1cc(CC(=O)NC2(C(N)=O)CCOCC2)ccc1C. The molecular formula is C16H22N2O4. The first-order valence-electron chi connectivity index (χ1n) is 7.29. The molecule has 1 aromatic carbocycles. The molecule has 0 aromatic heterocycles. The largest absolute Gasteiger partial charge is 0.496 e. The third-order valence-electron chi connectivity index (χ3n) is 4.03. The van der Waals surface area contributed by atoms with Gasteiger partial charge in [0, 0.05) is 26.1 Å². The van der Waals surface area contributed by atoms with E-state index in [1.165, 1.54) is 0 Å². The fourth-order valence-electron chi connectivity index (χ4n) is 2.62. The molecule has 6 nitrogen and oxygen atoms in total. The summed E-state index contributed by atoms with van der Waals surface area (Å²) in [6, 6.07) is 5.61. The Morgan fingerprint density at radius 3 is 2.64 bits per heavy atom. The molecule has 1 heterocycles. The smallest absolute Gasteiger partial charge is 0.243 e. The molecule has 1 fully saturated rings. The number of primary amides is 1. The normalized spacial score (nSPS) is 16.8. The summed E-state index contributed by atoms with van der Waals surface area (Å²) in [5, 5.41) is 2.80. The number of aryl methyl sites for hydroxylation is 1. The van der Waals surface area contributed by atoms with E-state index in [2.05, 4.69) is 5.32 Å². The summed E-state index contributed by atoms with van der Waals surface area (Å²) >= 11 is 0. The Labute approximate surface area is 130 Å². The predicted molar refractivity (Wildman–Crippen MR) is 81.6 cm³/mol. The van der Waals surface area contributed by atoms with Gasteiger partial charge in [-0.15, -0.1) is 0 Å². The van der Waals surface area contributed by atoms with Gasteiger partial charge in [0.05, 0.1) is 13.5 Å². The van der Waals surface area contributed by atoms with Crippen LogP contribution in [-0.2, 0) is 20.7 Å². The van der Waals surface area contributed by atoms with E-state index in [-0.39, 0.29) is 12.3 Å². The van der Waals surface area contributed by atoms with Gasteiger partial charge in [-0.2, -0.15) is 0 Å². The lowest BCUT2D eigenvalue weighted by molar-refractivity contribution is -0.135. The van der Waals surface area contributed by atoms with Gasteiger partial charge in [0.25, 0.3) is 0 Å². The van der Waals surface area contributed by atoms with Gasteiger partial charge in [-0.1, -0.05) is 12.1 Å². The number of amides is 2. The Balaban J connectivity index is 2.07. The number of nitrogens with one attached hydrogen (secondary N) is 1. The number of methoxy groups -OCH3 is 1. The van der Waals surface area contributed by atoms with E-state index in [9.17, 15) is 9.59 Å². The van der Waals surface area contributed by atoms with Crippen LogP contribution in [0.4, 0.5) is 0 Å². The lowest BCUT2D eigenvalue weighted by atomic mass is 9.89. The molecule has 120 valence electrons. The highest BCUT2D eigenvalue weighted by Gasteiger charge is 2.39. The molecule has 1 saturated heterocycles. The van der Waals surface area contributed by atoms with Crippen LogP contribution in [-0.4, -0.2) is 37.7 Å². The number of hydrogen-bond acceptors (Lipinski definition) is 4. The standard InChI is InChI=1S/C16H22N2O4/c1-11-3-4-12(9-13(11)21-2)10-14(19)18-16(15(17)20)5-7-22-8-6-16/h3-4,9H,5-8,10H2,1-2H3,(H2,17,20)(H,18,19). The van der Waals surface area contributed by atoms with Crippen molar-refractivity contribution in [2.75, 3.05) is 20.3 Å². The van der Waals surface area contributed by atoms with Crippen molar-refractivity contribution in [1.82, 2.24) is 5.32 Å². The number of nitrogens with two attached hydrogens (primary N) is 1. The minimum Gasteiger partial charge on any atom is -0.496 e. The highest BCUT2D eigenvalue weighted by molar-refractivity contribution is 5.91. The number of ether oxygens (including phenoxy) is 2. The second-order valence-electron chi connectivity index (χ2n) is 5.59. The summed E-state index contributed by atoms with van der Waals surface area (Å²) in [6.07, 6.45) is 0.989. The van der Waals surface area contributed by atoms with Crippen LogP contribution in [0.25, 0.3) is 0 Å². The van der Waals surface area contributed by atoms with Crippen LogP contribution in [0, 0.1) is 6.92 Å². The summed E-state index contributed by atoms with van der Waals surface area (Å²) in [5.41, 5.74) is 6.31. The van der Waals surface area contributed by atoms with Crippen LogP contribution < -0.4 is 15.8 Å². The number of benzene rings is 1. The quantitative estimate of drug-likeness (QED) is 0.837. The van der Waals surface area contributed by atoms with E-state index in [4.69, 9.17) is 15.2 Å². The van der Waals surface area contributed by atoms with E-state index in [0.717, 1.165) is 16.9 Å². The number of carbonyl (C=O) groups excluding carboxylic acids is 2. The molecular weight excluding hydrogens is 284 g/mol. The van der Waals surface area contributed by atoms with Crippen molar-refractivity contribution in [1.29, 1.82) is 0 Å². The van der Waals surface area contributed by atoms with Gasteiger partial charge in [-0.25, -0.2) is 0 Å². The second-order valence-corrected chi connectivity index (χ2v) is 5.59. The molecule has 0 bridgehead atoms. The van der Waals surface area contributed by atoms with Crippen molar-refractivity contribution in [3.05, 3.63) is 29.3 Å². The average molecular weight is 306 g/mol. The third kappa shape index (κ3) is 3.57. The summed E-state index contributed by atoms with van der Waals surface area (Å²) < 4.78 is 10.5. The molecule has 0 aliphatic carbocycles. The zero-order valence-corrected chi connectivity index (χ0v) is 13.0. The van der Waals surface area contributed by atoms with Crippen molar-refractivity contribution >= 4 is 11.8 Å². The maximum absolute atomic E-state index is 12.3. The Kier molecular flexibility index (Phi) is 5.03. The number of rotatable bonds is 5. The Morgan fingerprint density at radius 2 is 2.05 bits per heavy atom. The fraction of sp³-hybridized carbons (Fsp3) is 0.500. The maximum atomic E-state index is 12.3. The zero-order valence-electron chi connectivity index (χ0n) is 13.0. The van der Waals surface area contributed by atoms with Gasteiger partial charge >= 0.3 is 0 Å². The molecule has 22 heavy (non-hydrogen) atoms. The Bertz CT molecular complexity index is 565. The van der Waals surface area contributed by atoms with Gasteiger partial charge in [0.15, 0.2) is 0 Å². The van der Waals surface area contributed by atoms with Crippen LogP contribution in [0.3, 0.4) is 0 Å². The van der Waals surface area contributed by atoms with Crippen molar-refractivity contribution < 1.29 is 19.1 Å². The molecule has 0 radical (unpaired) electrons. The molecule has 1 aliphatic heterocycles. The van der Waals surface area contributed by atoms with Crippen molar-refractivity contribution in [3.8, 4) is 5.75 Å². The highest BCUT2D eigenvalue weighted by Crippen LogP contribution is 2.22. The molecule has 0 spiro atoms. The zero-order chi connectivity index (χ0) is 16.2. The van der Waals surface area contributed by atoms with Gasteiger partial charge < -0.3 is 20.5 Å². The molecule has 2 amide bonds. The molecule has 0 atom stereocenters. The topological polar surface area (TPSA) is 90.6 Å². The van der Waals surface area contributed by atoms with Crippen molar-refractivity contribution in [2.24, 2.45) is 5.73 Å². The molecule has 6 heteroatoms. The van der Waals surface area contributed by atoms with Crippen LogP contribution in [0.1, 0.15) is 24.0 Å². The monoisotopic (exact) mass is 306 g/mol. The molecule has 2 rings (SSSR count). The lowest BCUT2D eigenvalue weighted by Gasteiger charge is -2.35. The number of carbonyl (C=O) groups is 2. The Hall–Kier alpha value is -2.08. The minimum atomic E-state index is -0.996. The van der Waals surface area contributed by atoms with Crippen LogP contribution in [0.2, 0.25) is 0 Å². The molecule has 1 aromatic rings. The summed E-state index contributed by atoms with van der Waals surface area (Å²) in [4.78, 5) is 24.0.